The van der Waals surface area contributed by atoms with Gasteiger partial charge in [-0.15, -0.1) is 0 Å². The lowest BCUT2D eigenvalue weighted by Crippen LogP contribution is -2.33. The first-order chi connectivity index (χ1) is 9.54. The molecular formula is C13H18N2O5. The first-order valence-corrected chi connectivity index (χ1v) is 6.60. The van der Waals surface area contributed by atoms with Crippen LogP contribution in [0.3, 0.4) is 0 Å². The number of hydrogen-bond donors (Lipinski definition) is 1. The SMILES string of the molecule is Cc1cc(OCC(=O)N2CCC(CCC(=O)O)C2)no1. The predicted octanol–water partition coefficient (Wildman–Crippen LogP) is 1.08. The summed E-state index contributed by atoms with van der Waals surface area (Å²) in [6.07, 6.45) is 1.62. The summed E-state index contributed by atoms with van der Waals surface area (Å²) in [5, 5.41) is 12.3. The highest BCUT2D eigenvalue weighted by atomic mass is 16.5. The summed E-state index contributed by atoms with van der Waals surface area (Å²) >= 11 is 0. The first-order valence-electron chi connectivity index (χ1n) is 6.60. The van der Waals surface area contributed by atoms with Crippen LogP contribution in [0.5, 0.6) is 5.88 Å². The summed E-state index contributed by atoms with van der Waals surface area (Å²) in [5.41, 5.74) is 0. The summed E-state index contributed by atoms with van der Waals surface area (Å²) < 4.78 is 10.1. The van der Waals surface area contributed by atoms with E-state index in [-0.39, 0.29) is 24.9 Å². The van der Waals surface area contributed by atoms with E-state index in [0.717, 1.165) is 6.42 Å². The Hall–Kier alpha value is -2.05. The zero-order chi connectivity index (χ0) is 14.5. The molecule has 1 aromatic rings. The van der Waals surface area contributed by atoms with Crippen molar-refractivity contribution in [3.05, 3.63) is 11.8 Å². The molecule has 2 heterocycles. The van der Waals surface area contributed by atoms with Crippen LogP contribution in [0.15, 0.2) is 10.6 Å². The van der Waals surface area contributed by atoms with Crippen molar-refractivity contribution in [2.75, 3.05) is 19.7 Å². The lowest BCUT2D eigenvalue weighted by Gasteiger charge is -2.16. The molecule has 1 fully saturated rings. The van der Waals surface area contributed by atoms with Crippen molar-refractivity contribution in [3.8, 4) is 5.88 Å². The molecule has 2 rings (SSSR count). The van der Waals surface area contributed by atoms with E-state index in [9.17, 15) is 9.59 Å². The molecule has 7 heteroatoms. The van der Waals surface area contributed by atoms with Crippen molar-refractivity contribution in [3.63, 3.8) is 0 Å². The van der Waals surface area contributed by atoms with Gasteiger partial charge in [-0.1, -0.05) is 0 Å². The van der Waals surface area contributed by atoms with E-state index in [1.165, 1.54) is 0 Å². The van der Waals surface area contributed by atoms with Crippen LogP contribution in [0.25, 0.3) is 0 Å². The molecular weight excluding hydrogens is 264 g/mol. The molecule has 110 valence electrons. The maximum atomic E-state index is 11.9. The monoisotopic (exact) mass is 282 g/mol. The molecule has 1 aliphatic rings. The number of carbonyl (C=O) groups excluding carboxylic acids is 1. The zero-order valence-corrected chi connectivity index (χ0v) is 11.4. The van der Waals surface area contributed by atoms with Gasteiger partial charge in [0.2, 0.25) is 0 Å². The Morgan fingerprint density at radius 3 is 3.05 bits per heavy atom. The highest BCUT2D eigenvalue weighted by Gasteiger charge is 2.26. The molecule has 1 amide bonds. The van der Waals surface area contributed by atoms with Gasteiger partial charge in [-0.25, -0.2) is 0 Å². The fourth-order valence-corrected chi connectivity index (χ4v) is 2.26. The normalized spacial score (nSPS) is 18.2. The molecule has 0 saturated carbocycles. The van der Waals surface area contributed by atoms with Crippen molar-refractivity contribution < 1.29 is 24.0 Å². The quantitative estimate of drug-likeness (QED) is 0.839. The van der Waals surface area contributed by atoms with Gasteiger partial charge in [-0.05, 0) is 30.8 Å². The molecule has 1 atom stereocenters. The molecule has 1 aromatic heterocycles. The van der Waals surface area contributed by atoms with E-state index in [1.807, 2.05) is 0 Å². The molecule has 1 aliphatic heterocycles. The molecule has 0 radical (unpaired) electrons. The van der Waals surface area contributed by atoms with Gasteiger partial charge in [-0.3, -0.25) is 9.59 Å². The van der Waals surface area contributed by atoms with E-state index in [2.05, 4.69) is 5.16 Å². The molecule has 20 heavy (non-hydrogen) atoms. The third-order valence-corrected chi connectivity index (χ3v) is 3.35. The third-order valence-electron chi connectivity index (χ3n) is 3.35. The number of carbonyl (C=O) groups is 2. The Morgan fingerprint density at radius 2 is 2.40 bits per heavy atom. The highest BCUT2D eigenvalue weighted by molar-refractivity contribution is 5.78. The summed E-state index contributed by atoms with van der Waals surface area (Å²) in [6.45, 7) is 2.93. The number of aromatic nitrogens is 1. The van der Waals surface area contributed by atoms with Crippen LogP contribution in [0.2, 0.25) is 0 Å². The summed E-state index contributed by atoms with van der Waals surface area (Å²) in [4.78, 5) is 24.2. The predicted molar refractivity (Wildman–Crippen MR) is 68.3 cm³/mol. The van der Waals surface area contributed by atoms with Crippen molar-refractivity contribution in [2.24, 2.45) is 5.92 Å². The molecule has 0 aliphatic carbocycles. The van der Waals surface area contributed by atoms with Crippen LogP contribution in [-0.4, -0.2) is 46.7 Å². The van der Waals surface area contributed by atoms with Crippen LogP contribution >= 0.6 is 0 Å². The van der Waals surface area contributed by atoms with E-state index in [0.29, 0.717) is 31.2 Å². The maximum Gasteiger partial charge on any atom is 0.303 e. The zero-order valence-electron chi connectivity index (χ0n) is 11.4. The molecule has 0 bridgehead atoms. The summed E-state index contributed by atoms with van der Waals surface area (Å²) in [5.74, 6) is 0.298. The van der Waals surface area contributed by atoms with Crippen molar-refractivity contribution >= 4 is 11.9 Å². The minimum absolute atomic E-state index is 0.0718. The number of nitrogens with zero attached hydrogens (tertiary/aromatic N) is 2. The number of ether oxygens (including phenoxy) is 1. The van der Waals surface area contributed by atoms with Crippen molar-refractivity contribution in [1.82, 2.24) is 10.1 Å². The largest absolute Gasteiger partial charge is 0.481 e. The van der Waals surface area contributed by atoms with Gasteiger partial charge in [-0.2, -0.15) is 0 Å². The van der Waals surface area contributed by atoms with Gasteiger partial charge >= 0.3 is 5.97 Å². The lowest BCUT2D eigenvalue weighted by atomic mass is 10.0. The Bertz CT molecular complexity index is 485. The van der Waals surface area contributed by atoms with Gasteiger partial charge in [0.15, 0.2) is 6.61 Å². The Labute approximate surface area is 116 Å². The lowest BCUT2D eigenvalue weighted by molar-refractivity contribution is -0.137. The minimum Gasteiger partial charge on any atom is -0.481 e. The number of likely N-dealkylation sites (tertiary alicyclic amines) is 1. The van der Waals surface area contributed by atoms with Crippen LogP contribution < -0.4 is 4.74 Å². The molecule has 1 unspecified atom stereocenters. The molecule has 0 spiro atoms. The standard InChI is InChI=1S/C13H18N2O5/c1-9-6-11(14-20-9)19-8-12(16)15-5-4-10(7-15)2-3-13(17)18/h6,10H,2-5,7-8H2,1H3,(H,17,18). The Morgan fingerprint density at radius 1 is 1.60 bits per heavy atom. The number of amides is 1. The molecule has 1 N–H and O–H groups in total. The van der Waals surface area contributed by atoms with Crippen LogP contribution in [0, 0.1) is 12.8 Å². The smallest absolute Gasteiger partial charge is 0.303 e. The van der Waals surface area contributed by atoms with Gasteiger partial charge in [0, 0.05) is 25.6 Å². The van der Waals surface area contributed by atoms with E-state index >= 15 is 0 Å². The minimum atomic E-state index is -0.792. The van der Waals surface area contributed by atoms with Gasteiger partial charge in [0.25, 0.3) is 11.8 Å². The van der Waals surface area contributed by atoms with E-state index in [1.54, 1.807) is 17.9 Å². The first kappa shape index (κ1) is 14.4. The maximum absolute atomic E-state index is 11.9. The Balaban J connectivity index is 1.72. The number of aryl methyl sites for hydroxylation is 1. The van der Waals surface area contributed by atoms with Crippen LogP contribution in [-0.2, 0) is 9.59 Å². The van der Waals surface area contributed by atoms with Crippen LogP contribution in [0.4, 0.5) is 0 Å². The van der Waals surface area contributed by atoms with E-state index in [4.69, 9.17) is 14.4 Å². The second-order valence-corrected chi connectivity index (χ2v) is 4.99. The average molecular weight is 282 g/mol. The number of aliphatic carboxylic acids is 1. The number of rotatable bonds is 6. The van der Waals surface area contributed by atoms with Gasteiger partial charge in [0.1, 0.15) is 5.76 Å². The van der Waals surface area contributed by atoms with Gasteiger partial charge < -0.3 is 19.3 Å². The van der Waals surface area contributed by atoms with E-state index < -0.39 is 5.97 Å². The highest BCUT2D eigenvalue weighted by Crippen LogP contribution is 2.21. The summed E-state index contributed by atoms with van der Waals surface area (Å²) in [7, 11) is 0. The van der Waals surface area contributed by atoms with Crippen LogP contribution in [0.1, 0.15) is 25.0 Å². The number of carboxylic acid groups (broad SMARTS) is 1. The number of hydrogen-bond acceptors (Lipinski definition) is 5. The fourth-order valence-electron chi connectivity index (χ4n) is 2.26. The topological polar surface area (TPSA) is 92.9 Å². The second-order valence-electron chi connectivity index (χ2n) is 4.99. The number of carboxylic acids is 1. The molecule has 0 aromatic carbocycles. The van der Waals surface area contributed by atoms with Gasteiger partial charge in [0.05, 0.1) is 0 Å². The molecule has 7 nitrogen and oxygen atoms in total. The fraction of sp³-hybridized carbons (Fsp3) is 0.615. The molecule has 1 saturated heterocycles. The second kappa shape index (κ2) is 6.40. The summed E-state index contributed by atoms with van der Waals surface area (Å²) in [6, 6.07) is 1.62. The Kier molecular flexibility index (Phi) is 4.60. The van der Waals surface area contributed by atoms with Crippen molar-refractivity contribution in [2.45, 2.75) is 26.2 Å². The van der Waals surface area contributed by atoms with Crippen molar-refractivity contribution in [1.29, 1.82) is 0 Å². The average Bonchev–Trinajstić information content (AvgIpc) is 3.02. The third kappa shape index (κ3) is 3.97.